The van der Waals surface area contributed by atoms with Crippen molar-refractivity contribution in [3.63, 3.8) is 0 Å². The van der Waals surface area contributed by atoms with Crippen LogP contribution in [0.4, 0.5) is 0 Å². The van der Waals surface area contributed by atoms with Crippen molar-refractivity contribution in [2.45, 2.75) is 46.5 Å². The summed E-state index contributed by atoms with van der Waals surface area (Å²) in [4.78, 5) is 22.2. The number of hydrogen-bond donors (Lipinski definition) is 0. The lowest BCUT2D eigenvalue weighted by Crippen LogP contribution is -2.10. The van der Waals surface area contributed by atoms with Gasteiger partial charge < -0.3 is 9.47 Å². The van der Waals surface area contributed by atoms with Crippen LogP contribution in [0.1, 0.15) is 46.5 Å². The summed E-state index contributed by atoms with van der Waals surface area (Å²) in [5.41, 5.74) is 0. The van der Waals surface area contributed by atoms with Gasteiger partial charge in [-0.2, -0.15) is 0 Å². The molecule has 0 radical (unpaired) electrons. The summed E-state index contributed by atoms with van der Waals surface area (Å²) in [6, 6.07) is 0. The van der Waals surface area contributed by atoms with Crippen LogP contribution in [0.5, 0.6) is 0 Å². The van der Waals surface area contributed by atoms with Crippen molar-refractivity contribution in [2.75, 3.05) is 13.2 Å². The molecule has 0 rings (SSSR count). The summed E-state index contributed by atoms with van der Waals surface area (Å²) < 4.78 is 9.66. The molecule has 0 spiro atoms. The topological polar surface area (TPSA) is 52.6 Å². The van der Waals surface area contributed by atoms with Gasteiger partial charge in [-0.15, -0.1) is 0 Å². The maximum absolute atomic E-state index is 11.1. The molecule has 0 bridgehead atoms. The van der Waals surface area contributed by atoms with E-state index >= 15 is 0 Å². The largest absolute Gasteiger partial charge is 0.466 e. The van der Waals surface area contributed by atoms with Gasteiger partial charge in [0, 0.05) is 12.8 Å². The van der Waals surface area contributed by atoms with Gasteiger partial charge in [-0.3, -0.25) is 9.59 Å². The molecule has 0 saturated heterocycles. The van der Waals surface area contributed by atoms with Gasteiger partial charge in [-0.1, -0.05) is 6.92 Å². The minimum absolute atomic E-state index is 0.161. The van der Waals surface area contributed by atoms with E-state index in [4.69, 9.17) is 9.47 Å². The summed E-state index contributed by atoms with van der Waals surface area (Å²) in [5, 5.41) is 0. The predicted molar refractivity (Wildman–Crippen MR) is 60.9 cm³/mol. The van der Waals surface area contributed by atoms with E-state index in [1.807, 2.05) is 6.92 Å². The predicted octanol–water partition coefficient (Wildman–Crippen LogP) is 2.31. The van der Waals surface area contributed by atoms with Crippen LogP contribution in [0, 0.1) is 5.92 Å². The number of ether oxygens (including phenoxy) is 2. The van der Waals surface area contributed by atoms with Gasteiger partial charge in [0.15, 0.2) is 0 Å². The smallest absolute Gasteiger partial charge is 0.306 e. The molecule has 0 aromatic heterocycles. The zero-order valence-electron chi connectivity index (χ0n) is 10.5. The highest BCUT2D eigenvalue weighted by Crippen LogP contribution is 2.13. The Labute approximate surface area is 97.3 Å². The lowest BCUT2D eigenvalue weighted by Gasteiger charge is -2.09. The van der Waals surface area contributed by atoms with Crippen molar-refractivity contribution in [1.29, 1.82) is 0 Å². The molecule has 0 aromatic carbocycles. The highest BCUT2D eigenvalue weighted by molar-refractivity contribution is 5.70. The minimum atomic E-state index is -0.161. The lowest BCUT2D eigenvalue weighted by atomic mass is 10.0. The maximum atomic E-state index is 11.1. The van der Waals surface area contributed by atoms with Gasteiger partial charge in [0.2, 0.25) is 0 Å². The second-order valence-electron chi connectivity index (χ2n) is 3.81. The van der Waals surface area contributed by atoms with Crippen molar-refractivity contribution >= 4 is 11.9 Å². The number of rotatable bonds is 8. The molecule has 0 heterocycles. The zero-order chi connectivity index (χ0) is 12.4. The van der Waals surface area contributed by atoms with E-state index in [0.29, 0.717) is 26.1 Å². The molecule has 1 unspecified atom stereocenters. The molecule has 0 saturated carbocycles. The molecule has 16 heavy (non-hydrogen) atoms. The summed E-state index contributed by atoms with van der Waals surface area (Å²) in [6.45, 7) is 6.43. The third-order valence-corrected chi connectivity index (χ3v) is 2.20. The molecular formula is C12H22O4. The first-order valence-corrected chi connectivity index (χ1v) is 5.91. The van der Waals surface area contributed by atoms with Gasteiger partial charge in [0.05, 0.1) is 13.2 Å². The van der Waals surface area contributed by atoms with Crippen LogP contribution in [0.15, 0.2) is 0 Å². The minimum Gasteiger partial charge on any atom is -0.466 e. The monoisotopic (exact) mass is 230 g/mol. The second kappa shape index (κ2) is 9.19. The van der Waals surface area contributed by atoms with Crippen molar-refractivity contribution < 1.29 is 19.1 Å². The number of hydrogen-bond acceptors (Lipinski definition) is 4. The average molecular weight is 230 g/mol. The first-order valence-electron chi connectivity index (χ1n) is 5.91. The van der Waals surface area contributed by atoms with E-state index in [9.17, 15) is 9.59 Å². The Kier molecular flexibility index (Phi) is 8.58. The highest BCUT2D eigenvalue weighted by Gasteiger charge is 2.10. The van der Waals surface area contributed by atoms with Crippen molar-refractivity contribution in [3.05, 3.63) is 0 Å². The Morgan fingerprint density at radius 2 is 1.62 bits per heavy atom. The van der Waals surface area contributed by atoms with Crippen LogP contribution in [0.2, 0.25) is 0 Å². The van der Waals surface area contributed by atoms with Crippen LogP contribution in [0.3, 0.4) is 0 Å². The average Bonchev–Trinajstić information content (AvgIpc) is 2.18. The molecule has 1 atom stereocenters. The summed E-state index contributed by atoms with van der Waals surface area (Å²) in [6.07, 6.45) is 2.47. The van der Waals surface area contributed by atoms with Gasteiger partial charge in [-0.05, 0) is 32.6 Å². The van der Waals surface area contributed by atoms with Crippen molar-refractivity contribution in [2.24, 2.45) is 5.92 Å². The standard InChI is InChI=1S/C12H22O4/c1-4-15-11(13)8-6-7-10(3)9-12(14)16-5-2/h10H,4-9H2,1-3H3. The van der Waals surface area contributed by atoms with Gasteiger partial charge >= 0.3 is 11.9 Å². The number of carbonyl (C=O) groups is 2. The normalized spacial score (nSPS) is 11.9. The molecule has 4 heteroatoms. The van der Waals surface area contributed by atoms with Crippen LogP contribution in [-0.4, -0.2) is 25.2 Å². The maximum Gasteiger partial charge on any atom is 0.306 e. The third-order valence-electron chi connectivity index (χ3n) is 2.20. The third kappa shape index (κ3) is 8.26. The first kappa shape index (κ1) is 14.9. The number of esters is 2. The molecule has 0 aliphatic carbocycles. The molecule has 0 aliphatic heterocycles. The summed E-state index contributed by atoms with van der Waals surface area (Å²) in [7, 11) is 0. The van der Waals surface area contributed by atoms with Gasteiger partial charge in [0.25, 0.3) is 0 Å². The Balaban J connectivity index is 3.53. The first-order chi connectivity index (χ1) is 7.60. The molecule has 0 fully saturated rings. The SMILES string of the molecule is CCOC(=O)CCCC(C)CC(=O)OCC. The Hall–Kier alpha value is -1.06. The van der Waals surface area contributed by atoms with E-state index in [1.165, 1.54) is 0 Å². The second-order valence-corrected chi connectivity index (χ2v) is 3.81. The van der Waals surface area contributed by atoms with Crippen molar-refractivity contribution in [1.82, 2.24) is 0 Å². The van der Waals surface area contributed by atoms with E-state index in [0.717, 1.165) is 12.8 Å². The van der Waals surface area contributed by atoms with Crippen LogP contribution < -0.4 is 0 Å². The fourth-order valence-corrected chi connectivity index (χ4v) is 1.43. The molecule has 0 N–H and O–H groups in total. The molecule has 94 valence electrons. The molecule has 4 nitrogen and oxygen atoms in total. The summed E-state index contributed by atoms with van der Waals surface area (Å²) >= 11 is 0. The van der Waals surface area contributed by atoms with E-state index in [2.05, 4.69) is 0 Å². The van der Waals surface area contributed by atoms with Gasteiger partial charge in [-0.25, -0.2) is 0 Å². The lowest BCUT2D eigenvalue weighted by molar-refractivity contribution is -0.144. The zero-order valence-corrected chi connectivity index (χ0v) is 10.5. The van der Waals surface area contributed by atoms with E-state index < -0.39 is 0 Å². The fourth-order valence-electron chi connectivity index (χ4n) is 1.43. The van der Waals surface area contributed by atoms with E-state index in [-0.39, 0.29) is 17.9 Å². The van der Waals surface area contributed by atoms with Crippen LogP contribution >= 0.6 is 0 Å². The molecule has 0 amide bonds. The van der Waals surface area contributed by atoms with Crippen LogP contribution in [-0.2, 0) is 19.1 Å². The fraction of sp³-hybridized carbons (Fsp3) is 0.833. The molecular weight excluding hydrogens is 208 g/mol. The van der Waals surface area contributed by atoms with E-state index in [1.54, 1.807) is 13.8 Å². The molecule has 0 aliphatic rings. The Bertz CT molecular complexity index is 213. The Morgan fingerprint density at radius 1 is 1.06 bits per heavy atom. The Morgan fingerprint density at radius 3 is 2.19 bits per heavy atom. The van der Waals surface area contributed by atoms with Crippen LogP contribution in [0.25, 0.3) is 0 Å². The molecule has 0 aromatic rings. The quantitative estimate of drug-likeness (QED) is 0.600. The number of carbonyl (C=O) groups excluding carboxylic acids is 2. The van der Waals surface area contributed by atoms with Crippen molar-refractivity contribution in [3.8, 4) is 0 Å². The van der Waals surface area contributed by atoms with Gasteiger partial charge in [0.1, 0.15) is 0 Å². The highest BCUT2D eigenvalue weighted by atomic mass is 16.5. The summed E-state index contributed by atoms with van der Waals surface area (Å²) in [5.74, 6) is -0.0644.